The summed E-state index contributed by atoms with van der Waals surface area (Å²) in [6, 6.07) is 7.63. The maximum Gasteiger partial charge on any atom is 0.143 e. The van der Waals surface area contributed by atoms with Crippen LogP contribution in [0.15, 0.2) is 18.2 Å². The van der Waals surface area contributed by atoms with Crippen LogP contribution >= 0.6 is 0 Å². The van der Waals surface area contributed by atoms with Gasteiger partial charge in [0.15, 0.2) is 0 Å². The lowest BCUT2D eigenvalue weighted by Gasteiger charge is -2.14. The molecule has 0 aromatic heterocycles. The Morgan fingerprint density at radius 3 is 2.76 bits per heavy atom. The standard InChI is InChI=1S/C13H19N3O/c1-16(2)9-5-8-15-13-11(10-14)6-4-7-12(13)17-3/h4,6-7,15H,5,8-9H2,1-3H3. The van der Waals surface area contributed by atoms with E-state index in [-0.39, 0.29) is 0 Å². The summed E-state index contributed by atoms with van der Waals surface area (Å²) >= 11 is 0. The molecule has 17 heavy (non-hydrogen) atoms. The van der Waals surface area contributed by atoms with Gasteiger partial charge in [-0.1, -0.05) is 6.07 Å². The highest BCUT2D eigenvalue weighted by atomic mass is 16.5. The molecule has 0 spiro atoms. The predicted molar refractivity (Wildman–Crippen MR) is 69.4 cm³/mol. The lowest BCUT2D eigenvalue weighted by molar-refractivity contribution is 0.404. The van der Waals surface area contributed by atoms with E-state index < -0.39 is 0 Å². The number of nitrogens with zero attached hydrogens (tertiary/aromatic N) is 2. The van der Waals surface area contributed by atoms with Gasteiger partial charge < -0.3 is 15.0 Å². The quantitative estimate of drug-likeness (QED) is 0.763. The van der Waals surface area contributed by atoms with E-state index in [4.69, 9.17) is 10.00 Å². The number of nitrogens with one attached hydrogen (secondary N) is 1. The molecule has 0 radical (unpaired) electrons. The Morgan fingerprint density at radius 1 is 1.41 bits per heavy atom. The Kier molecular flexibility index (Phi) is 5.31. The SMILES string of the molecule is COc1cccc(C#N)c1NCCCN(C)C. The minimum Gasteiger partial charge on any atom is -0.495 e. The van der Waals surface area contributed by atoms with Crippen molar-refractivity contribution in [1.29, 1.82) is 5.26 Å². The Labute approximate surface area is 103 Å². The number of para-hydroxylation sites is 1. The molecular weight excluding hydrogens is 214 g/mol. The van der Waals surface area contributed by atoms with Crippen molar-refractivity contribution in [2.45, 2.75) is 6.42 Å². The topological polar surface area (TPSA) is 48.3 Å². The van der Waals surface area contributed by atoms with Crippen LogP contribution in [0.1, 0.15) is 12.0 Å². The minimum absolute atomic E-state index is 0.620. The van der Waals surface area contributed by atoms with E-state index in [0.717, 1.165) is 25.2 Å². The lowest BCUT2D eigenvalue weighted by Crippen LogP contribution is -2.16. The molecule has 0 amide bonds. The van der Waals surface area contributed by atoms with E-state index >= 15 is 0 Å². The second kappa shape index (κ2) is 6.77. The third kappa shape index (κ3) is 3.97. The van der Waals surface area contributed by atoms with Crippen LogP contribution in [-0.4, -0.2) is 39.2 Å². The Balaban J connectivity index is 2.65. The van der Waals surface area contributed by atoms with E-state index in [1.54, 1.807) is 13.2 Å². The Hall–Kier alpha value is -1.73. The van der Waals surface area contributed by atoms with E-state index in [2.05, 4.69) is 16.3 Å². The number of methoxy groups -OCH3 is 1. The van der Waals surface area contributed by atoms with E-state index in [9.17, 15) is 0 Å². The number of hydrogen-bond acceptors (Lipinski definition) is 4. The fourth-order valence-corrected chi connectivity index (χ4v) is 1.59. The summed E-state index contributed by atoms with van der Waals surface area (Å²) in [5, 5.41) is 12.3. The Morgan fingerprint density at radius 2 is 2.18 bits per heavy atom. The summed E-state index contributed by atoms with van der Waals surface area (Å²) in [7, 11) is 5.70. The Bertz CT molecular complexity index is 396. The molecule has 1 rings (SSSR count). The molecule has 0 aliphatic carbocycles. The van der Waals surface area contributed by atoms with Crippen LogP contribution in [0.3, 0.4) is 0 Å². The monoisotopic (exact) mass is 233 g/mol. The van der Waals surface area contributed by atoms with Crippen LogP contribution in [0.4, 0.5) is 5.69 Å². The molecule has 1 N–H and O–H groups in total. The molecule has 4 nitrogen and oxygen atoms in total. The van der Waals surface area contributed by atoms with Gasteiger partial charge in [0.2, 0.25) is 0 Å². The maximum absolute atomic E-state index is 9.03. The van der Waals surface area contributed by atoms with E-state index in [0.29, 0.717) is 11.3 Å². The van der Waals surface area contributed by atoms with Gasteiger partial charge in [0.05, 0.1) is 18.4 Å². The summed E-state index contributed by atoms with van der Waals surface area (Å²) in [5.74, 6) is 0.717. The van der Waals surface area contributed by atoms with Crippen molar-refractivity contribution in [3.63, 3.8) is 0 Å². The molecule has 92 valence electrons. The molecule has 0 heterocycles. The summed E-state index contributed by atoms with van der Waals surface area (Å²) in [6.07, 6.45) is 1.02. The molecule has 0 bridgehead atoms. The van der Waals surface area contributed by atoms with Gasteiger partial charge in [0.25, 0.3) is 0 Å². The largest absolute Gasteiger partial charge is 0.495 e. The van der Waals surface area contributed by atoms with Gasteiger partial charge in [-0.2, -0.15) is 5.26 Å². The molecular formula is C13H19N3O. The van der Waals surface area contributed by atoms with Crippen molar-refractivity contribution in [3.05, 3.63) is 23.8 Å². The summed E-state index contributed by atoms with van der Waals surface area (Å²) in [5.41, 5.74) is 1.41. The van der Waals surface area contributed by atoms with Crippen molar-refractivity contribution in [1.82, 2.24) is 4.90 Å². The van der Waals surface area contributed by atoms with Gasteiger partial charge in [-0.05, 0) is 39.2 Å². The van der Waals surface area contributed by atoms with Gasteiger partial charge in [0.1, 0.15) is 11.8 Å². The van der Waals surface area contributed by atoms with Crippen molar-refractivity contribution in [2.24, 2.45) is 0 Å². The molecule has 4 heteroatoms. The molecule has 1 aromatic carbocycles. The third-order valence-corrected chi connectivity index (χ3v) is 2.45. The second-order valence-electron chi connectivity index (χ2n) is 4.08. The van der Waals surface area contributed by atoms with Gasteiger partial charge in [-0.3, -0.25) is 0 Å². The van der Waals surface area contributed by atoms with Crippen molar-refractivity contribution in [3.8, 4) is 11.8 Å². The lowest BCUT2D eigenvalue weighted by atomic mass is 10.1. The van der Waals surface area contributed by atoms with Crippen LogP contribution in [0.2, 0.25) is 0 Å². The van der Waals surface area contributed by atoms with Crippen LogP contribution in [0, 0.1) is 11.3 Å². The number of ether oxygens (including phenoxy) is 1. The summed E-state index contributed by atoms with van der Waals surface area (Å²) in [4.78, 5) is 2.13. The van der Waals surface area contributed by atoms with Crippen LogP contribution < -0.4 is 10.1 Å². The number of rotatable bonds is 6. The van der Waals surface area contributed by atoms with Gasteiger partial charge >= 0.3 is 0 Å². The molecule has 1 aromatic rings. The number of anilines is 1. The fourth-order valence-electron chi connectivity index (χ4n) is 1.59. The summed E-state index contributed by atoms with van der Waals surface area (Å²) < 4.78 is 5.24. The normalized spacial score (nSPS) is 10.1. The maximum atomic E-state index is 9.03. The highest BCUT2D eigenvalue weighted by Crippen LogP contribution is 2.27. The molecule has 0 saturated heterocycles. The third-order valence-electron chi connectivity index (χ3n) is 2.45. The average molecular weight is 233 g/mol. The first-order valence-corrected chi connectivity index (χ1v) is 5.64. The average Bonchev–Trinajstić information content (AvgIpc) is 2.34. The molecule has 0 aliphatic rings. The zero-order chi connectivity index (χ0) is 12.7. The highest BCUT2D eigenvalue weighted by molar-refractivity contribution is 5.66. The van der Waals surface area contributed by atoms with Crippen molar-refractivity contribution in [2.75, 3.05) is 39.6 Å². The van der Waals surface area contributed by atoms with Gasteiger partial charge in [-0.15, -0.1) is 0 Å². The van der Waals surface area contributed by atoms with Gasteiger partial charge in [0, 0.05) is 6.54 Å². The molecule has 0 aliphatic heterocycles. The van der Waals surface area contributed by atoms with Crippen molar-refractivity contribution >= 4 is 5.69 Å². The minimum atomic E-state index is 0.620. The first-order chi connectivity index (χ1) is 8.19. The van der Waals surface area contributed by atoms with Gasteiger partial charge in [-0.25, -0.2) is 0 Å². The van der Waals surface area contributed by atoms with Crippen molar-refractivity contribution < 1.29 is 4.74 Å². The number of nitriles is 1. The molecule has 0 saturated carbocycles. The van der Waals surface area contributed by atoms with E-state index in [1.807, 2.05) is 26.2 Å². The molecule has 0 atom stereocenters. The number of benzene rings is 1. The highest BCUT2D eigenvalue weighted by Gasteiger charge is 2.07. The smallest absolute Gasteiger partial charge is 0.143 e. The zero-order valence-electron chi connectivity index (χ0n) is 10.7. The zero-order valence-corrected chi connectivity index (χ0v) is 10.7. The summed E-state index contributed by atoms with van der Waals surface area (Å²) in [6.45, 7) is 1.84. The van der Waals surface area contributed by atoms with Crippen LogP contribution in [0.25, 0.3) is 0 Å². The second-order valence-corrected chi connectivity index (χ2v) is 4.08. The molecule has 0 unspecified atom stereocenters. The van der Waals surface area contributed by atoms with Crippen LogP contribution in [-0.2, 0) is 0 Å². The first kappa shape index (κ1) is 13.3. The fraction of sp³-hybridized carbons (Fsp3) is 0.462. The first-order valence-electron chi connectivity index (χ1n) is 5.64. The molecule has 0 fully saturated rings. The van der Waals surface area contributed by atoms with Crippen LogP contribution in [0.5, 0.6) is 5.75 Å². The number of hydrogen-bond donors (Lipinski definition) is 1. The van der Waals surface area contributed by atoms with E-state index in [1.165, 1.54) is 0 Å². The predicted octanol–water partition coefficient (Wildman–Crippen LogP) is 1.93.